The predicted molar refractivity (Wildman–Crippen MR) is 60.0 cm³/mol. The van der Waals surface area contributed by atoms with Gasteiger partial charge in [-0.15, -0.1) is 11.3 Å². The summed E-state index contributed by atoms with van der Waals surface area (Å²) < 4.78 is 0. The largest absolute Gasteiger partial charge is 0.350 e. The van der Waals surface area contributed by atoms with Gasteiger partial charge in [0.2, 0.25) is 0 Å². The second-order valence-electron chi connectivity index (χ2n) is 3.80. The van der Waals surface area contributed by atoms with Crippen molar-refractivity contribution in [3.05, 3.63) is 16.6 Å². The van der Waals surface area contributed by atoms with Crippen molar-refractivity contribution in [3.8, 4) is 0 Å². The molecule has 4 nitrogen and oxygen atoms in total. The van der Waals surface area contributed by atoms with E-state index in [2.05, 4.69) is 15.6 Å². The van der Waals surface area contributed by atoms with Crippen molar-refractivity contribution >= 4 is 17.2 Å². The molecule has 1 aromatic rings. The number of rotatable bonds is 3. The van der Waals surface area contributed by atoms with Gasteiger partial charge in [0.25, 0.3) is 5.91 Å². The Hall–Kier alpha value is -0.940. The van der Waals surface area contributed by atoms with E-state index in [0.29, 0.717) is 11.6 Å². The molecule has 0 radical (unpaired) electrons. The molecule has 1 atom stereocenters. The number of carbonyl (C=O) groups excluding carboxylic acids is 1. The fourth-order valence-electron chi connectivity index (χ4n) is 1.75. The number of nitrogens with zero attached hydrogens (tertiary/aromatic N) is 1. The zero-order valence-electron chi connectivity index (χ0n) is 8.53. The maximum atomic E-state index is 11.6. The second-order valence-corrected chi connectivity index (χ2v) is 4.51. The zero-order valence-corrected chi connectivity index (χ0v) is 9.35. The van der Waals surface area contributed by atoms with Crippen LogP contribution in [0.25, 0.3) is 0 Å². The van der Waals surface area contributed by atoms with Crippen LogP contribution < -0.4 is 10.6 Å². The summed E-state index contributed by atoms with van der Waals surface area (Å²) in [6.45, 7) is 2.87. The molecule has 0 aliphatic carbocycles. The van der Waals surface area contributed by atoms with Gasteiger partial charge in [0.05, 0.1) is 5.51 Å². The molecule has 2 heterocycles. The molecule has 1 amide bonds. The number of piperidine rings is 1. The minimum absolute atomic E-state index is 0.0539. The number of carbonyl (C=O) groups is 1. The van der Waals surface area contributed by atoms with E-state index in [9.17, 15) is 4.79 Å². The molecule has 0 aromatic carbocycles. The maximum absolute atomic E-state index is 11.6. The van der Waals surface area contributed by atoms with Gasteiger partial charge in [-0.1, -0.05) is 0 Å². The average molecular weight is 225 g/mol. The molecule has 82 valence electrons. The normalized spacial score (nSPS) is 21.2. The minimum atomic E-state index is -0.0539. The topological polar surface area (TPSA) is 54.0 Å². The Kier molecular flexibility index (Phi) is 3.69. The highest BCUT2D eigenvalue weighted by molar-refractivity contribution is 7.07. The van der Waals surface area contributed by atoms with Crippen LogP contribution in [0.1, 0.15) is 23.3 Å². The zero-order chi connectivity index (χ0) is 10.5. The highest BCUT2D eigenvalue weighted by atomic mass is 32.1. The lowest BCUT2D eigenvalue weighted by Gasteiger charge is -2.22. The summed E-state index contributed by atoms with van der Waals surface area (Å²) in [5, 5.41) is 8.02. The highest BCUT2D eigenvalue weighted by Gasteiger charge is 2.14. The van der Waals surface area contributed by atoms with Crippen LogP contribution in [0, 0.1) is 5.92 Å². The van der Waals surface area contributed by atoms with E-state index in [1.807, 2.05) is 0 Å². The molecule has 0 saturated carbocycles. The summed E-state index contributed by atoms with van der Waals surface area (Å²) in [7, 11) is 0. The second kappa shape index (κ2) is 5.23. The molecule has 5 heteroatoms. The molecule has 2 rings (SSSR count). The van der Waals surface area contributed by atoms with Gasteiger partial charge in [0.15, 0.2) is 0 Å². The first kappa shape index (κ1) is 10.6. The summed E-state index contributed by atoms with van der Waals surface area (Å²) in [5.41, 5.74) is 2.21. The molecule has 1 aromatic heterocycles. The third-order valence-corrected chi connectivity index (χ3v) is 3.20. The minimum Gasteiger partial charge on any atom is -0.350 e. The molecular weight excluding hydrogens is 210 g/mol. The number of hydrogen-bond acceptors (Lipinski definition) is 4. The first-order chi connectivity index (χ1) is 7.36. The van der Waals surface area contributed by atoms with Gasteiger partial charge in [-0.3, -0.25) is 4.79 Å². The first-order valence-electron chi connectivity index (χ1n) is 5.23. The molecule has 15 heavy (non-hydrogen) atoms. The third-order valence-electron chi connectivity index (χ3n) is 2.62. The Balaban J connectivity index is 1.75. The van der Waals surface area contributed by atoms with Crippen LogP contribution in [-0.4, -0.2) is 30.5 Å². The number of thiazole rings is 1. The summed E-state index contributed by atoms with van der Waals surface area (Å²) >= 11 is 1.45. The van der Waals surface area contributed by atoms with E-state index in [4.69, 9.17) is 0 Å². The van der Waals surface area contributed by atoms with Crippen LogP contribution in [0.2, 0.25) is 0 Å². The fraction of sp³-hybridized carbons (Fsp3) is 0.600. The Morgan fingerprint density at radius 2 is 2.67 bits per heavy atom. The van der Waals surface area contributed by atoms with Crippen molar-refractivity contribution in [2.24, 2.45) is 5.92 Å². The molecule has 1 unspecified atom stereocenters. The SMILES string of the molecule is O=C(NCC1CCCNC1)c1cscn1. The van der Waals surface area contributed by atoms with Gasteiger partial charge in [0, 0.05) is 11.9 Å². The number of amides is 1. The van der Waals surface area contributed by atoms with Crippen molar-refractivity contribution in [3.63, 3.8) is 0 Å². The molecule has 0 bridgehead atoms. The summed E-state index contributed by atoms with van der Waals surface area (Å²) in [6, 6.07) is 0. The summed E-state index contributed by atoms with van der Waals surface area (Å²) in [4.78, 5) is 15.5. The smallest absolute Gasteiger partial charge is 0.270 e. The first-order valence-corrected chi connectivity index (χ1v) is 6.17. The van der Waals surface area contributed by atoms with Gasteiger partial charge < -0.3 is 10.6 Å². The van der Waals surface area contributed by atoms with Crippen molar-refractivity contribution in [1.82, 2.24) is 15.6 Å². The van der Waals surface area contributed by atoms with Crippen LogP contribution in [0.3, 0.4) is 0 Å². The van der Waals surface area contributed by atoms with E-state index in [-0.39, 0.29) is 5.91 Å². The van der Waals surface area contributed by atoms with Crippen LogP contribution in [-0.2, 0) is 0 Å². The molecular formula is C10H15N3OS. The van der Waals surface area contributed by atoms with E-state index >= 15 is 0 Å². The van der Waals surface area contributed by atoms with Gasteiger partial charge >= 0.3 is 0 Å². The van der Waals surface area contributed by atoms with E-state index in [1.165, 1.54) is 24.2 Å². The van der Waals surface area contributed by atoms with Crippen molar-refractivity contribution in [2.75, 3.05) is 19.6 Å². The van der Waals surface area contributed by atoms with Crippen LogP contribution in [0.5, 0.6) is 0 Å². The fourth-order valence-corrected chi connectivity index (χ4v) is 2.28. The lowest BCUT2D eigenvalue weighted by atomic mass is 10.00. The maximum Gasteiger partial charge on any atom is 0.270 e. The van der Waals surface area contributed by atoms with Crippen molar-refractivity contribution in [2.45, 2.75) is 12.8 Å². The summed E-state index contributed by atoms with van der Waals surface area (Å²) in [5.74, 6) is 0.517. The van der Waals surface area contributed by atoms with Gasteiger partial charge in [-0.05, 0) is 31.8 Å². The van der Waals surface area contributed by atoms with E-state index in [1.54, 1.807) is 10.9 Å². The monoisotopic (exact) mass is 225 g/mol. The Morgan fingerprint density at radius 3 is 3.33 bits per heavy atom. The molecule has 1 aliphatic rings. The number of hydrogen-bond donors (Lipinski definition) is 2. The van der Waals surface area contributed by atoms with Crippen LogP contribution >= 0.6 is 11.3 Å². The quantitative estimate of drug-likeness (QED) is 0.802. The lowest BCUT2D eigenvalue weighted by molar-refractivity contribution is 0.0940. The standard InChI is InChI=1S/C10H15N3OS/c14-10(9-6-15-7-13-9)12-5-8-2-1-3-11-4-8/h6-8,11H,1-5H2,(H,12,14). The third kappa shape index (κ3) is 3.00. The Labute approximate surface area is 93.1 Å². The number of nitrogens with one attached hydrogen (secondary N) is 2. The molecule has 1 aliphatic heterocycles. The molecule has 0 spiro atoms. The average Bonchev–Trinajstić information content (AvgIpc) is 2.81. The summed E-state index contributed by atoms with van der Waals surface area (Å²) in [6.07, 6.45) is 2.40. The van der Waals surface area contributed by atoms with Gasteiger partial charge in [-0.2, -0.15) is 0 Å². The van der Waals surface area contributed by atoms with E-state index < -0.39 is 0 Å². The number of aromatic nitrogens is 1. The van der Waals surface area contributed by atoms with Gasteiger partial charge in [-0.25, -0.2) is 4.98 Å². The van der Waals surface area contributed by atoms with Crippen LogP contribution in [0.15, 0.2) is 10.9 Å². The predicted octanol–water partition coefficient (Wildman–Crippen LogP) is 0.872. The van der Waals surface area contributed by atoms with Crippen LogP contribution in [0.4, 0.5) is 0 Å². The van der Waals surface area contributed by atoms with E-state index in [0.717, 1.165) is 19.6 Å². The lowest BCUT2D eigenvalue weighted by Crippen LogP contribution is -2.38. The molecule has 1 fully saturated rings. The Morgan fingerprint density at radius 1 is 1.73 bits per heavy atom. The molecule has 2 N–H and O–H groups in total. The molecule has 1 saturated heterocycles. The van der Waals surface area contributed by atoms with Gasteiger partial charge in [0.1, 0.15) is 5.69 Å². The highest BCUT2D eigenvalue weighted by Crippen LogP contribution is 2.08. The van der Waals surface area contributed by atoms with Crippen molar-refractivity contribution < 1.29 is 4.79 Å². The van der Waals surface area contributed by atoms with Crippen molar-refractivity contribution in [1.29, 1.82) is 0 Å². The Bertz CT molecular complexity index is 306.